The second-order valence-corrected chi connectivity index (χ2v) is 5.61. The van der Waals surface area contributed by atoms with Crippen molar-refractivity contribution in [1.29, 1.82) is 0 Å². The summed E-state index contributed by atoms with van der Waals surface area (Å²) in [5.41, 5.74) is 0. The van der Waals surface area contributed by atoms with E-state index < -0.39 is 10.2 Å². The molecule has 0 bridgehead atoms. The van der Waals surface area contributed by atoms with Gasteiger partial charge in [0.15, 0.2) is 0 Å². The summed E-state index contributed by atoms with van der Waals surface area (Å²) in [5.74, 6) is 0. The van der Waals surface area contributed by atoms with E-state index in [2.05, 4.69) is 4.72 Å². The van der Waals surface area contributed by atoms with Gasteiger partial charge in [-0.2, -0.15) is 17.4 Å². The molecule has 1 fully saturated rings. The van der Waals surface area contributed by atoms with Crippen LogP contribution in [0.1, 0.15) is 26.2 Å². The smallest absolute Gasteiger partial charge is 0.279 e. The van der Waals surface area contributed by atoms with Gasteiger partial charge in [-0.3, -0.25) is 0 Å². The Morgan fingerprint density at radius 2 is 1.93 bits per heavy atom. The largest absolute Gasteiger partial charge is 0.380 e. The molecule has 0 aromatic rings. The van der Waals surface area contributed by atoms with Gasteiger partial charge in [0.25, 0.3) is 10.2 Å². The summed E-state index contributed by atoms with van der Waals surface area (Å²) >= 11 is 0. The molecule has 0 aromatic heterocycles. The molecule has 1 unspecified atom stereocenters. The summed E-state index contributed by atoms with van der Waals surface area (Å²) in [6.07, 6.45) is 2.95. The number of rotatable bonds is 5. The zero-order valence-electron chi connectivity index (χ0n) is 9.40. The van der Waals surface area contributed by atoms with Crippen molar-refractivity contribution in [2.75, 3.05) is 26.7 Å². The van der Waals surface area contributed by atoms with E-state index in [0.717, 1.165) is 19.3 Å². The van der Waals surface area contributed by atoms with Gasteiger partial charge in [-0.1, -0.05) is 6.42 Å². The summed E-state index contributed by atoms with van der Waals surface area (Å²) in [4.78, 5) is 0. The Morgan fingerprint density at radius 1 is 1.33 bits per heavy atom. The second-order valence-electron chi connectivity index (χ2n) is 3.86. The maximum atomic E-state index is 11.8. The first kappa shape index (κ1) is 12.9. The maximum absolute atomic E-state index is 11.8. The molecule has 0 spiro atoms. The van der Waals surface area contributed by atoms with Crippen LogP contribution in [-0.2, 0) is 14.9 Å². The van der Waals surface area contributed by atoms with Crippen LogP contribution >= 0.6 is 0 Å². The Bertz CT molecular complexity index is 273. The van der Waals surface area contributed by atoms with Crippen LogP contribution in [0.15, 0.2) is 0 Å². The fourth-order valence-electron chi connectivity index (χ4n) is 1.50. The van der Waals surface area contributed by atoms with Gasteiger partial charge in [0.1, 0.15) is 0 Å². The Morgan fingerprint density at radius 3 is 2.47 bits per heavy atom. The second kappa shape index (κ2) is 5.79. The number of hydrogen-bond acceptors (Lipinski definition) is 3. The minimum atomic E-state index is -3.29. The third kappa shape index (κ3) is 4.06. The van der Waals surface area contributed by atoms with Crippen LogP contribution < -0.4 is 4.72 Å². The molecule has 0 saturated carbocycles. The van der Waals surface area contributed by atoms with Gasteiger partial charge >= 0.3 is 0 Å². The Hall–Kier alpha value is -0.170. The van der Waals surface area contributed by atoms with Gasteiger partial charge in [0.2, 0.25) is 0 Å². The van der Waals surface area contributed by atoms with E-state index in [1.54, 1.807) is 7.11 Å². The average molecular weight is 236 g/mol. The summed E-state index contributed by atoms with van der Waals surface area (Å²) in [6.45, 7) is 3.43. The van der Waals surface area contributed by atoms with Gasteiger partial charge in [-0.15, -0.1) is 0 Å². The highest BCUT2D eigenvalue weighted by atomic mass is 32.2. The monoisotopic (exact) mass is 236 g/mol. The van der Waals surface area contributed by atoms with Gasteiger partial charge < -0.3 is 4.74 Å². The molecule has 1 rings (SSSR count). The standard InChI is InChI=1S/C9H20N2O3S/c1-9(14-2)8-10-15(12,13)11-6-4-3-5-7-11/h9-10H,3-8H2,1-2H3. The molecule has 15 heavy (non-hydrogen) atoms. The first-order chi connectivity index (χ1) is 7.06. The quantitative estimate of drug-likeness (QED) is 0.749. The Balaban J connectivity index is 2.43. The number of ether oxygens (including phenoxy) is 1. The van der Waals surface area contributed by atoms with Gasteiger partial charge in [0, 0.05) is 26.7 Å². The normalized spacial score (nSPS) is 21.5. The maximum Gasteiger partial charge on any atom is 0.279 e. The third-order valence-electron chi connectivity index (χ3n) is 2.61. The van der Waals surface area contributed by atoms with E-state index >= 15 is 0 Å². The molecule has 1 heterocycles. The Labute approximate surface area is 92.0 Å². The average Bonchev–Trinajstić information content (AvgIpc) is 2.27. The number of nitrogens with one attached hydrogen (secondary N) is 1. The van der Waals surface area contributed by atoms with Crippen LogP contribution in [0.4, 0.5) is 0 Å². The van der Waals surface area contributed by atoms with Crippen molar-refractivity contribution >= 4 is 10.2 Å². The van der Waals surface area contributed by atoms with Crippen molar-refractivity contribution in [1.82, 2.24) is 9.03 Å². The van der Waals surface area contributed by atoms with Crippen molar-refractivity contribution in [3.05, 3.63) is 0 Å². The topological polar surface area (TPSA) is 58.6 Å². The molecule has 1 aliphatic heterocycles. The molecule has 90 valence electrons. The number of nitrogens with zero attached hydrogens (tertiary/aromatic N) is 1. The molecule has 1 N–H and O–H groups in total. The first-order valence-corrected chi connectivity index (χ1v) is 6.78. The van der Waals surface area contributed by atoms with Crippen molar-refractivity contribution < 1.29 is 13.2 Å². The molecule has 1 aliphatic rings. The van der Waals surface area contributed by atoms with Crippen LogP contribution in [0.5, 0.6) is 0 Å². The van der Waals surface area contributed by atoms with E-state index in [4.69, 9.17) is 4.74 Å². The Kier molecular flexibility index (Phi) is 4.98. The molecule has 1 atom stereocenters. The van der Waals surface area contributed by atoms with Crippen LogP contribution in [0.3, 0.4) is 0 Å². The molecular weight excluding hydrogens is 216 g/mol. The first-order valence-electron chi connectivity index (χ1n) is 5.34. The predicted octanol–water partition coefficient (Wildman–Crippen LogP) is 0.342. The van der Waals surface area contributed by atoms with E-state index in [-0.39, 0.29) is 6.10 Å². The predicted molar refractivity (Wildman–Crippen MR) is 58.8 cm³/mol. The van der Waals surface area contributed by atoms with E-state index in [1.807, 2.05) is 6.92 Å². The lowest BCUT2D eigenvalue weighted by Gasteiger charge is -2.26. The van der Waals surface area contributed by atoms with E-state index in [1.165, 1.54) is 4.31 Å². The molecule has 0 aliphatic carbocycles. The molecule has 1 saturated heterocycles. The molecule has 6 heteroatoms. The number of piperidine rings is 1. The summed E-state index contributed by atoms with van der Waals surface area (Å²) in [6, 6.07) is 0. The molecular formula is C9H20N2O3S. The van der Waals surface area contributed by atoms with Gasteiger partial charge in [-0.25, -0.2) is 0 Å². The van der Waals surface area contributed by atoms with E-state index in [9.17, 15) is 8.42 Å². The summed E-state index contributed by atoms with van der Waals surface area (Å²) in [7, 11) is -1.72. The molecule has 0 amide bonds. The third-order valence-corrected chi connectivity index (χ3v) is 4.19. The van der Waals surface area contributed by atoms with Crippen LogP contribution in [0.2, 0.25) is 0 Å². The SMILES string of the molecule is COC(C)CNS(=O)(=O)N1CCCCC1. The summed E-state index contributed by atoms with van der Waals surface area (Å²) < 4.78 is 32.6. The van der Waals surface area contributed by atoms with Gasteiger partial charge in [-0.05, 0) is 19.8 Å². The minimum absolute atomic E-state index is 0.0930. The van der Waals surface area contributed by atoms with Crippen molar-refractivity contribution in [2.24, 2.45) is 0 Å². The van der Waals surface area contributed by atoms with Crippen molar-refractivity contribution in [2.45, 2.75) is 32.3 Å². The van der Waals surface area contributed by atoms with Crippen molar-refractivity contribution in [3.8, 4) is 0 Å². The highest BCUT2D eigenvalue weighted by Gasteiger charge is 2.23. The minimum Gasteiger partial charge on any atom is -0.380 e. The fraction of sp³-hybridized carbons (Fsp3) is 1.00. The number of methoxy groups -OCH3 is 1. The lowest BCUT2D eigenvalue weighted by atomic mass is 10.2. The van der Waals surface area contributed by atoms with E-state index in [0.29, 0.717) is 19.6 Å². The highest BCUT2D eigenvalue weighted by Crippen LogP contribution is 2.11. The van der Waals surface area contributed by atoms with Crippen LogP contribution in [-0.4, -0.2) is 45.6 Å². The lowest BCUT2D eigenvalue weighted by molar-refractivity contribution is 0.121. The van der Waals surface area contributed by atoms with Crippen LogP contribution in [0.25, 0.3) is 0 Å². The zero-order chi connectivity index (χ0) is 11.3. The highest BCUT2D eigenvalue weighted by molar-refractivity contribution is 7.87. The molecule has 5 nitrogen and oxygen atoms in total. The summed E-state index contributed by atoms with van der Waals surface area (Å²) in [5, 5.41) is 0. The van der Waals surface area contributed by atoms with Crippen LogP contribution in [0, 0.1) is 0 Å². The van der Waals surface area contributed by atoms with Crippen molar-refractivity contribution in [3.63, 3.8) is 0 Å². The molecule has 0 radical (unpaired) electrons. The molecule has 0 aromatic carbocycles. The zero-order valence-corrected chi connectivity index (χ0v) is 10.2. The number of hydrogen-bond donors (Lipinski definition) is 1. The van der Waals surface area contributed by atoms with Gasteiger partial charge in [0.05, 0.1) is 6.10 Å². The fourth-order valence-corrected chi connectivity index (χ4v) is 2.87. The lowest BCUT2D eigenvalue weighted by Crippen LogP contribution is -2.45.